The van der Waals surface area contributed by atoms with E-state index in [2.05, 4.69) is 46.3 Å². The summed E-state index contributed by atoms with van der Waals surface area (Å²) in [6.45, 7) is 6.42. The number of fused-ring (bicyclic) bond motifs is 1. The molecule has 2 aromatic carbocycles. The smallest absolute Gasteiger partial charge is 0.271 e. The summed E-state index contributed by atoms with van der Waals surface area (Å²) in [6.07, 6.45) is 0. The zero-order valence-corrected chi connectivity index (χ0v) is 16.9. The summed E-state index contributed by atoms with van der Waals surface area (Å²) in [7, 11) is 0. The van der Waals surface area contributed by atoms with Crippen molar-refractivity contribution in [3.63, 3.8) is 0 Å². The Labute approximate surface area is 175 Å². The molecule has 2 aliphatic heterocycles. The summed E-state index contributed by atoms with van der Waals surface area (Å²) < 4.78 is 10.8. The number of nitrogens with one attached hydrogen (secondary N) is 1. The number of hydrogen-bond acceptors (Lipinski definition) is 5. The molecule has 2 aliphatic rings. The fourth-order valence-corrected chi connectivity index (χ4v) is 3.98. The molecule has 30 heavy (non-hydrogen) atoms. The van der Waals surface area contributed by atoms with Crippen LogP contribution in [0.5, 0.6) is 11.5 Å². The predicted molar refractivity (Wildman–Crippen MR) is 113 cm³/mol. The second-order valence-corrected chi connectivity index (χ2v) is 7.79. The number of carbonyl (C=O) groups excluding carboxylic acids is 1. The van der Waals surface area contributed by atoms with Gasteiger partial charge in [-0.15, -0.1) is 0 Å². The molecule has 0 radical (unpaired) electrons. The number of H-pyrrole nitrogens is 1. The molecular weight excluding hydrogens is 380 g/mol. The van der Waals surface area contributed by atoms with Crippen LogP contribution < -0.4 is 9.47 Å². The molecule has 1 amide bonds. The Balaban J connectivity index is 1.21. The summed E-state index contributed by atoms with van der Waals surface area (Å²) in [4.78, 5) is 17.2. The van der Waals surface area contributed by atoms with Crippen LogP contribution in [-0.2, 0) is 6.54 Å². The first-order chi connectivity index (χ1) is 14.7. The molecular formula is C23H24N4O3. The van der Waals surface area contributed by atoms with Crippen LogP contribution in [0.15, 0.2) is 48.5 Å². The normalized spacial score (nSPS) is 16.1. The lowest BCUT2D eigenvalue weighted by Crippen LogP contribution is -2.48. The van der Waals surface area contributed by atoms with Crippen LogP contribution in [0.1, 0.15) is 21.6 Å². The Morgan fingerprint density at radius 1 is 1.03 bits per heavy atom. The van der Waals surface area contributed by atoms with E-state index >= 15 is 0 Å². The van der Waals surface area contributed by atoms with Gasteiger partial charge in [0.1, 0.15) is 5.69 Å². The van der Waals surface area contributed by atoms with Crippen molar-refractivity contribution in [2.24, 2.45) is 0 Å². The summed E-state index contributed by atoms with van der Waals surface area (Å²) in [6, 6.07) is 16.1. The number of nitrogens with zero attached hydrogens (tertiary/aromatic N) is 3. The Morgan fingerprint density at radius 3 is 2.70 bits per heavy atom. The van der Waals surface area contributed by atoms with Crippen molar-refractivity contribution in [1.29, 1.82) is 0 Å². The minimum Gasteiger partial charge on any atom is -0.454 e. The number of benzene rings is 2. The van der Waals surface area contributed by atoms with Gasteiger partial charge in [0.05, 0.1) is 5.69 Å². The van der Waals surface area contributed by atoms with Crippen LogP contribution in [0.3, 0.4) is 0 Å². The van der Waals surface area contributed by atoms with Gasteiger partial charge in [-0.05, 0) is 36.8 Å². The van der Waals surface area contributed by atoms with Crippen LogP contribution in [0.4, 0.5) is 0 Å². The van der Waals surface area contributed by atoms with E-state index in [0.717, 1.165) is 36.6 Å². The van der Waals surface area contributed by atoms with Gasteiger partial charge in [0.25, 0.3) is 5.91 Å². The van der Waals surface area contributed by atoms with Gasteiger partial charge in [0, 0.05) is 38.3 Å². The topological polar surface area (TPSA) is 70.7 Å². The molecule has 0 bridgehead atoms. The Bertz CT molecular complexity index is 1070. The molecule has 0 aliphatic carbocycles. The molecule has 1 saturated heterocycles. The molecule has 7 nitrogen and oxygen atoms in total. The van der Waals surface area contributed by atoms with Crippen LogP contribution in [0, 0.1) is 6.92 Å². The first kappa shape index (κ1) is 18.7. The lowest BCUT2D eigenvalue weighted by molar-refractivity contribution is 0.0622. The lowest BCUT2D eigenvalue weighted by atomic mass is 10.1. The third kappa shape index (κ3) is 3.76. The summed E-state index contributed by atoms with van der Waals surface area (Å²) >= 11 is 0. The van der Waals surface area contributed by atoms with E-state index in [1.807, 2.05) is 23.1 Å². The number of amides is 1. The van der Waals surface area contributed by atoms with Gasteiger partial charge in [0.15, 0.2) is 11.5 Å². The number of carbonyl (C=O) groups is 1. The number of piperazine rings is 1. The third-order valence-corrected chi connectivity index (χ3v) is 5.62. The molecule has 5 rings (SSSR count). The number of hydrogen-bond donors (Lipinski definition) is 1. The van der Waals surface area contributed by atoms with Crippen molar-refractivity contribution in [3.05, 3.63) is 65.4 Å². The first-order valence-electron chi connectivity index (χ1n) is 10.2. The van der Waals surface area contributed by atoms with E-state index in [1.165, 1.54) is 11.1 Å². The molecule has 1 fully saturated rings. The zero-order valence-electron chi connectivity index (χ0n) is 16.9. The molecule has 1 aromatic heterocycles. The molecule has 1 N–H and O–H groups in total. The fourth-order valence-electron chi connectivity index (χ4n) is 3.98. The van der Waals surface area contributed by atoms with Gasteiger partial charge in [-0.3, -0.25) is 14.8 Å². The summed E-state index contributed by atoms with van der Waals surface area (Å²) in [5, 5.41) is 7.23. The Hall–Kier alpha value is -3.32. The predicted octanol–water partition coefficient (Wildman–Crippen LogP) is 3.07. The molecule has 7 heteroatoms. The second kappa shape index (κ2) is 7.84. The van der Waals surface area contributed by atoms with E-state index in [0.29, 0.717) is 24.5 Å². The van der Waals surface area contributed by atoms with E-state index in [9.17, 15) is 4.79 Å². The summed E-state index contributed by atoms with van der Waals surface area (Å²) in [5.41, 5.74) is 4.71. The van der Waals surface area contributed by atoms with Gasteiger partial charge in [0.2, 0.25) is 6.79 Å². The molecule has 3 heterocycles. The van der Waals surface area contributed by atoms with Crippen LogP contribution in [-0.4, -0.2) is 58.9 Å². The van der Waals surface area contributed by atoms with Gasteiger partial charge >= 0.3 is 0 Å². The highest BCUT2D eigenvalue weighted by molar-refractivity contribution is 5.93. The number of aryl methyl sites for hydroxylation is 1. The monoisotopic (exact) mass is 404 g/mol. The minimum atomic E-state index is -0.00954. The van der Waals surface area contributed by atoms with E-state index in [4.69, 9.17) is 9.47 Å². The second-order valence-electron chi connectivity index (χ2n) is 7.79. The van der Waals surface area contributed by atoms with Crippen molar-refractivity contribution in [2.75, 3.05) is 33.0 Å². The van der Waals surface area contributed by atoms with Gasteiger partial charge in [-0.25, -0.2) is 0 Å². The van der Waals surface area contributed by atoms with Crippen LogP contribution in [0.2, 0.25) is 0 Å². The third-order valence-electron chi connectivity index (χ3n) is 5.62. The number of ether oxygens (including phenoxy) is 2. The first-order valence-corrected chi connectivity index (χ1v) is 10.2. The highest BCUT2D eigenvalue weighted by Gasteiger charge is 2.24. The van der Waals surface area contributed by atoms with Crippen molar-refractivity contribution in [1.82, 2.24) is 20.0 Å². The maximum atomic E-state index is 12.9. The largest absolute Gasteiger partial charge is 0.454 e. The molecule has 3 aromatic rings. The Morgan fingerprint density at radius 2 is 1.87 bits per heavy atom. The van der Waals surface area contributed by atoms with Crippen molar-refractivity contribution < 1.29 is 14.3 Å². The van der Waals surface area contributed by atoms with E-state index in [-0.39, 0.29) is 12.7 Å². The number of aromatic nitrogens is 2. The SMILES string of the molecule is Cc1cccc(CN2CCN(C(=O)c3cc(-c4ccc5c(c4)OCO5)n[nH]3)CC2)c1. The standard InChI is InChI=1S/C23H24N4O3/c1-16-3-2-4-17(11-16)14-26-7-9-27(10-8-26)23(28)20-13-19(24-25-20)18-5-6-21-22(12-18)30-15-29-21/h2-6,11-13H,7-10,14-15H2,1H3,(H,24,25). The highest BCUT2D eigenvalue weighted by atomic mass is 16.7. The van der Waals surface area contributed by atoms with Crippen LogP contribution in [0.25, 0.3) is 11.3 Å². The average Bonchev–Trinajstić information content (AvgIpc) is 3.43. The van der Waals surface area contributed by atoms with E-state index < -0.39 is 0 Å². The van der Waals surface area contributed by atoms with Crippen molar-refractivity contribution in [2.45, 2.75) is 13.5 Å². The Kier molecular flexibility index (Phi) is 4.88. The number of rotatable bonds is 4. The van der Waals surface area contributed by atoms with Crippen molar-refractivity contribution in [3.8, 4) is 22.8 Å². The average molecular weight is 404 g/mol. The van der Waals surface area contributed by atoms with Gasteiger partial charge < -0.3 is 14.4 Å². The van der Waals surface area contributed by atoms with E-state index in [1.54, 1.807) is 6.07 Å². The molecule has 0 spiro atoms. The van der Waals surface area contributed by atoms with Crippen molar-refractivity contribution >= 4 is 5.91 Å². The maximum Gasteiger partial charge on any atom is 0.271 e. The lowest BCUT2D eigenvalue weighted by Gasteiger charge is -2.34. The minimum absolute atomic E-state index is 0.00954. The fraction of sp³-hybridized carbons (Fsp3) is 0.304. The molecule has 0 unspecified atom stereocenters. The quantitative estimate of drug-likeness (QED) is 0.724. The molecule has 154 valence electrons. The zero-order chi connectivity index (χ0) is 20.5. The molecule has 0 atom stereocenters. The van der Waals surface area contributed by atoms with Gasteiger partial charge in [-0.1, -0.05) is 29.8 Å². The maximum absolute atomic E-state index is 12.9. The number of aromatic amines is 1. The molecule has 0 saturated carbocycles. The highest BCUT2D eigenvalue weighted by Crippen LogP contribution is 2.35. The van der Waals surface area contributed by atoms with Crippen LogP contribution >= 0.6 is 0 Å². The summed E-state index contributed by atoms with van der Waals surface area (Å²) in [5.74, 6) is 1.42. The van der Waals surface area contributed by atoms with Gasteiger partial charge in [-0.2, -0.15) is 5.10 Å².